The Morgan fingerprint density at radius 1 is 1.25 bits per heavy atom. The van der Waals surface area contributed by atoms with Gasteiger partial charge in [0, 0.05) is 11.6 Å². The number of rotatable bonds is 6. The molecule has 0 aliphatic heterocycles. The van der Waals surface area contributed by atoms with E-state index >= 15 is 0 Å². The number of ether oxygens (including phenoxy) is 1. The van der Waals surface area contributed by atoms with Crippen molar-refractivity contribution in [3.8, 4) is 5.75 Å². The first-order chi connectivity index (χ1) is 9.51. The zero-order chi connectivity index (χ0) is 15.1. The Morgan fingerprint density at radius 2 is 1.90 bits per heavy atom. The quantitative estimate of drug-likeness (QED) is 0.836. The van der Waals surface area contributed by atoms with Gasteiger partial charge in [-0.15, -0.1) is 0 Å². The van der Waals surface area contributed by atoms with Gasteiger partial charge in [-0.3, -0.25) is 0 Å². The Labute approximate surface area is 121 Å². The number of hydrogen-bond acceptors (Lipinski definition) is 2. The van der Waals surface area contributed by atoms with E-state index < -0.39 is 0 Å². The first-order valence-electron chi connectivity index (χ1n) is 7.23. The molecule has 0 saturated carbocycles. The second-order valence-corrected chi connectivity index (χ2v) is 5.10. The molecule has 1 rings (SSSR count). The van der Waals surface area contributed by atoms with Gasteiger partial charge in [0.15, 0.2) is 0 Å². The minimum Gasteiger partial charge on any atom is -0.496 e. The molecule has 0 aliphatic carbocycles. The van der Waals surface area contributed by atoms with E-state index in [2.05, 4.69) is 24.5 Å². The predicted molar refractivity (Wildman–Crippen MR) is 82.2 cm³/mol. The van der Waals surface area contributed by atoms with Gasteiger partial charge in [-0.25, -0.2) is 4.79 Å². The Morgan fingerprint density at radius 3 is 2.45 bits per heavy atom. The molecule has 4 nitrogen and oxygen atoms in total. The third-order valence-corrected chi connectivity index (χ3v) is 3.52. The Hall–Kier alpha value is -1.71. The molecular formula is C16H26N2O2. The third kappa shape index (κ3) is 4.44. The van der Waals surface area contributed by atoms with Gasteiger partial charge in [-0.05, 0) is 32.8 Å². The first-order valence-corrected chi connectivity index (χ1v) is 7.23. The van der Waals surface area contributed by atoms with Crippen LogP contribution in [-0.4, -0.2) is 19.2 Å². The van der Waals surface area contributed by atoms with Gasteiger partial charge in [0.25, 0.3) is 0 Å². The van der Waals surface area contributed by atoms with Crippen LogP contribution >= 0.6 is 0 Å². The fourth-order valence-electron chi connectivity index (χ4n) is 2.19. The van der Waals surface area contributed by atoms with E-state index in [9.17, 15) is 4.79 Å². The molecule has 0 bridgehead atoms. The van der Waals surface area contributed by atoms with E-state index in [-0.39, 0.29) is 18.1 Å². The van der Waals surface area contributed by atoms with Crippen LogP contribution in [0.1, 0.15) is 50.8 Å². The van der Waals surface area contributed by atoms with Crippen LogP contribution in [0.25, 0.3) is 0 Å². The zero-order valence-electron chi connectivity index (χ0n) is 13.1. The number of amides is 2. The van der Waals surface area contributed by atoms with Crippen LogP contribution in [0.5, 0.6) is 5.75 Å². The highest BCUT2D eigenvalue weighted by Gasteiger charge is 2.15. The lowest BCUT2D eigenvalue weighted by Crippen LogP contribution is -2.42. The molecule has 1 aromatic carbocycles. The van der Waals surface area contributed by atoms with E-state index in [0.717, 1.165) is 29.7 Å². The minimum atomic E-state index is -0.130. The normalized spacial score (nSPS) is 12.1. The van der Waals surface area contributed by atoms with Crippen molar-refractivity contribution in [2.24, 2.45) is 0 Å². The fourth-order valence-corrected chi connectivity index (χ4v) is 2.19. The number of aryl methyl sites for hydroxylation is 1. The van der Waals surface area contributed by atoms with Gasteiger partial charge in [0.2, 0.25) is 0 Å². The van der Waals surface area contributed by atoms with Gasteiger partial charge in [0.05, 0.1) is 13.2 Å². The standard InChI is InChI=1S/C16H26N2O2/c1-6-13(7-2)18-16(19)17-12(4)14-10-11(3)8-9-15(14)20-5/h8-10,12-13H,6-7H2,1-5H3,(H2,17,18,19). The molecule has 0 aromatic heterocycles. The van der Waals surface area contributed by atoms with Crippen molar-refractivity contribution in [3.05, 3.63) is 29.3 Å². The van der Waals surface area contributed by atoms with Crippen molar-refractivity contribution >= 4 is 6.03 Å². The number of carbonyl (C=O) groups excluding carboxylic acids is 1. The maximum Gasteiger partial charge on any atom is 0.315 e. The first kappa shape index (κ1) is 16.3. The van der Waals surface area contributed by atoms with Crippen molar-refractivity contribution < 1.29 is 9.53 Å². The topological polar surface area (TPSA) is 50.4 Å². The minimum absolute atomic E-state index is 0.0980. The molecule has 20 heavy (non-hydrogen) atoms. The molecule has 0 radical (unpaired) electrons. The van der Waals surface area contributed by atoms with Crippen molar-refractivity contribution in [1.29, 1.82) is 0 Å². The summed E-state index contributed by atoms with van der Waals surface area (Å²) in [4.78, 5) is 12.0. The molecular weight excluding hydrogens is 252 g/mol. The summed E-state index contributed by atoms with van der Waals surface area (Å²) in [5.74, 6) is 0.797. The van der Waals surface area contributed by atoms with Gasteiger partial charge in [0.1, 0.15) is 5.75 Å². The van der Waals surface area contributed by atoms with E-state index in [1.54, 1.807) is 7.11 Å². The SMILES string of the molecule is CCC(CC)NC(=O)NC(C)c1cc(C)ccc1OC. The average Bonchev–Trinajstić information content (AvgIpc) is 2.44. The average molecular weight is 278 g/mol. The lowest BCUT2D eigenvalue weighted by molar-refractivity contribution is 0.233. The van der Waals surface area contributed by atoms with Crippen molar-refractivity contribution in [1.82, 2.24) is 10.6 Å². The molecule has 2 N–H and O–H groups in total. The molecule has 1 unspecified atom stereocenters. The van der Waals surface area contributed by atoms with Gasteiger partial charge < -0.3 is 15.4 Å². The summed E-state index contributed by atoms with van der Waals surface area (Å²) in [6.45, 7) is 8.13. The van der Waals surface area contributed by atoms with E-state index in [0.29, 0.717) is 0 Å². The molecule has 4 heteroatoms. The molecule has 0 heterocycles. The van der Waals surface area contributed by atoms with E-state index in [1.807, 2.05) is 32.0 Å². The van der Waals surface area contributed by atoms with Crippen LogP contribution in [0.3, 0.4) is 0 Å². The second kappa shape index (κ2) is 7.78. The summed E-state index contributed by atoms with van der Waals surface area (Å²) in [7, 11) is 1.64. The molecule has 1 atom stereocenters. The van der Waals surface area contributed by atoms with Crippen molar-refractivity contribution in [2.75, 3.05) is 7.11 Å². The predicted octanol–water partition coefficient (Wildman–Crippen LogP) is 3.55. The third-order valence-electron chi connectivity index (χ3n) is 3.52. The summed E-state index contributed by atoms with van der Waals surface area (Å²) in [6, 6.07) is 5.97. The summed E-state index contributed by atoms with van der Waals surface area (Å²) >= 11 is 0. The summed E-state index contributed by atoms with van der Waals surface area (Å²) < 4.78 is 5.35. The maximum absolute atomic E-state index is 12.0. The lowest BCUT2D eigenvalue weighted by Gasteiger charge is -2.21. The number of hydrogen-bond donors (Lipinski definition) is 2. The highest BCUT2D eigenvalue weighted by molar-refractivity contribution is 5.74. The number of methoxy groups -OCH3 is 1. The lowest BCUT2D eigenvalue weighted by atomic mass is 10.0. The van der Waals surface area contributed by atoms with Crippen molar-refractivity contribution in [3.63, 3.8) is 0 Å². The Kier molecular flexibility index (Phi) is 6.36. The largest absolute Gasteiger partial charge is 0.496 e. The van der Waals surface area contributed by atoms with Gasteiger partial charge >= 0.3 is 6.03 Å². The monoisotopic (exact) mass is 278 g/mol. The molecule has 2 amide bonds. The smallest absolute Gasteiger partial charge is 0.315 e. The summed E-state index contributed by atoms with van der Waals surface area (Å²) in [6.07, 6.45) is 1.87. The number of urea groups is 1. The number of nitrogens with one attached hydrogen (secondary N) is 2. The van der Waals surface area contributed by atoms with Crippen LogP contribution < -0.4 is 15.4 Å². The van der Waals surface area contributed by atoms with Crippen LogP contribution in [0, 0.1) is 6.92 Å². The highest BCUT2D eigenvalue weighted by atomic mass is 16.5. The summed E-state index contributed by atoms with van der Waals surface area (Å²) in [5.41, 5.74) is 2.14. The summed E-state index contributed by atoms with van der Waals surface area (Å²) in [5, 5.41) is 5.95. The molecule has 1 aromatic rings. The number of carbonyl (C=O) groups is 1. The Balaban J connectivity index is 2.73. The molecule has 0 fully saturated rings. The van der Waals surface area contributed by atoms with E-state index in [1.165, 1.54) is 0 Å². The molecule has 112 valence electrons. The highest BCUT2D eigenvalue weighted by Crippen LogP contribution is 2.25. The number of benzene rings is 1. The van der Waals surface area contributed by atoms with Gasteiger partial charge in [-0.2, -0.15) is 0 Å². The van der Waals surface area contributed by atoms with Crippen LogP contribution in [0.2, 0.25) is 0 Å². The molecule has 0 saturated heterocycles. The van der Waals surface area contributed by atoms with Crippen LogP contribution in [0.15, 0.2) is 18.2 Å². The van der Waals surface area contributed by atoms with Crippen LogP contribution in [0.4, 0.5) is 4.79 Å². The van der Waals surface area contributed by atoms with Gasteiger partial charge in [-0.1, -0.05) is 31.5 Å². The van der Waals surface area contributed by atoms with E-state index in [4.69, 9.17) is 4.74 Å². The fraction of sp³-hybridized carbons (Fsp3) is 0.562. The Bertz CT molecular complexity index is 442. The van der Waals surface area contributed by atoms with Crippen LogP contribution in [-0.2, 0) is 0 Å². The van der Waals surface area contributed by atoms with Crippen molar-refractivity contribution in [2.45, 2.75) is 52.6 Å². The molecule has 0 aliphatic rings. The zero-order valence-corrected chi connectivity index (χ0v) is 13.1. The second-order valence-electron chi connectivity index (χ2n) is 5.10. The maximum atomic E-state index is 12.0. The molecule has 0 spiro atoms.